The fraction of sp³-hybridized carbons (Fsp3) is 0.273. The third kappa shape index (κ3) is 3.87. The quantitative estimate of drug-likeness (QED) is 0.641. The smallest absolute Gasteiger partial charge is 0.340 e. The Kier molecular flexibility index (Phi) is 5.04. The number of esters is 1. The zero-order chi connectivity index (χ0) is 19.6. The van der Waals surface area contributed by atoms with Crippen molar-refractivity contribution in [3.63, 3.8) is 0 Å². The molecule has 1 aromatic heterocycles. The predicted octanol–water partition coefficient (Wildman–Crippen LogP) is 4.44. The first-order chi connectivity index (χ1) is 12.8. The van der Waals surface area contributed by atoms with E-state index in [0.717, 1.165) is 0 Å². The number of hydrogen-bond donors (Lipinski definition) is 0. The first-order valence-electron chi connectivity index (χ1n) is 8.76. The van der Waals surface area contributed by atoms with Gasteiger partial charge in [-0.1, -0.05) is 51.1 Å². The van der Waals surface area contributed by atoms with Crippen molar-refractivity contribution in [3.8, 4) is 5.75 Å². The molecule has 0 radical (unpaired) electrons. The van der Waals surface area contributed by atoms with Crippen LogP contribution in [0.15, 0.2) is 54.7 Å². The maximum Gasteiger partial charge on any atom is 0.340 e. The monoisotopic (exact) mass is 365 g/mol. The number of carbonyl (C=O) groups is 2. The van der Waals surface area contributed by atoms with E-state index in [1.54, 1.807) is 12.1 Å². The zero-order valence-electron chi connectivity index (χ0n) is 16.0. The standard InChI is InChI=1S/C22H23NO4/c1-22(2,3)15-9-11-16(12-10-15)27-14-20(24)23-13-18(21(25)26-4)17-7-5-6-8-19(17)23/h5-13H,14H2,1-4H3. The summed E-state index contributed by atoms with van der Waals surface area (Å²) in [6.45, 7) is 6.29. The molecule has 0 aliphatic heterocycles. The van der Waals surface area contributed by atoms with Crippen LogP contribution in [0.1, 0.15) is 41.5 Å². The molecule has 27 heavy (non-hydrogen) atoms. The molecule has 0 aliphatic rings. The lowest BCUT2D eigenvalue weighted by molar-refractivity contribution is 0.0603. The highest BCUT2D eigenvalue weighted by molar-refractivity contribution is 6.07. The fourth-order valence-corrected chi connectivity index (χ4v) is 2.92. The van der Waals surface area contributed by atoms with Gasteiger partial charge < -0.3 is 9.47 Å². The van der Waals surface area contributed by atoms with E-state index in [9.17, 15) is 9.59 Å². The molecule has 0 saturated carbocycles. The van der Waals surface area contributed by atoms with Crippen LogP contribution in [0.3, 0.4) is 0 Å². The Morgan fingerprint density at radius 1 is 1.00 bits per heavy atom. The van der Waals surface area contributed by atoms with Gasteiger partial charge in [-0.15, -0.1) is 0 Å². The van der Waals surface area contributed by atoms with E-state index in [4.69, 9.17) is 9.47 Å². The van der Waals surface area contributed by atoms with Crippen molar-refractivity contribution in [2.45, 2.75) is 26.2 Å². The van der Waals surface area contributed by atoms with Crippen LogP contribution < -0.4 is 4.74 Å². The molecule has 0 aliphatic carbocycles. The highest BCUT2D eigenvalue weighted by atomic mass is 16.5. The number of para-hydroxylation sites is 1. The number of nitrogens with zero attached hydrogens (tertiary/aromatic N) is 1. The van der Waals surface area contributed by atoms with E-state index in [1.807, 2.05) is 36.4 Å². The summed E-state index contributed by atoms with van der Waals surface area (Å²) in [5.74, 6) is -0.112. The Labute approximate surface area is 158 Å². The van der Waals surface area contributed by atoms with Gasteiger partial charge in [0.25, 0.3) is 5.91 Å². The minimum Gasteiger partial charge on any atom is -0.484 e. The van der Waals surface area contributed by atoms with Crippen molar-refractivity contribution in [3.05, 3.63) is 65.9 Å². The van der Waals surface area contributed by atoms with Crippen molar-refractivity contribution in [1.29, 1.82) is 0 Å². The lowest BCUT2D eigenvalue weighted by Crippen LogP contribution is -2.18. The van der Waals surface area contributed by atoms with Crippen molar-refractivity contribution < 1.29 is 19.1 Å². The van der Waals surface area contributed by atoms with Crippen LogP contribution in [-0.2, 0) is 10.2 Å². The molecule has 0 amide bonds. The number of fused-ring (bicyclic) bond motifs is 1. The van der Waals surface area contributed by atoms with Crippen LogP contribution >= 0.6 is 0 Å². The van der Waals surface area contributed by atoms with Crippen LogP contribution in [-0.4, -0.2) is 30.2 Å². The molecule has 140 valence electrons. The zero-order valence-corrected chi connectivity index (χ0v) is 16.0. The summed E-state index contributed by atoms with van der Waals surface area (Å²) >= 11 is 0. The summed E-state index contributed by atoms with van der Waals surface area (Å²) < 4.78 is 11.9. The third-order valence-corrected chi connectivity index (χ3v) is 4.47. The van der Waals surface area contributed by atoms with Gasteiger partial charge in [-0.05, 0) is 29.2 Å². The van der Waals surface area contributed by atoms with E-state index in [0.29, 0.717) is 22.2 Å². The Balaban J connectivity index is 1.80. The number of ether oxygens (including phenoxy) is 2. The lowest BCUT2D eigenvalue weighted by atomic mass is 9.87. The normalized spacial score (nSPS) is 11.4. The predicted molar refractivity (Wildman–Crippen MR) is 105 cm³/mol. The van der Waals surface area contributed by atoms with Gasteiger partial charge in [0.15, 0.2) is 6.61 Å². The Bertz CT molecular complexity index is 978. The molecular formula is C22H23NO4. The van der Waals surface area contributed by atoms with Crippen LogP contribution in [0, 0.1) is 0 Å². The van der Waals surface area contributed by atoms with Crippen LogP contribution in [0.5, 0.6) is 5.75 Å². The molecular weight excluding hydrogens is 342 g/mol. The number of carbonyl (C=O) groups excluding carboxylic acids is 2. The van der Waals surface area contributed by atoms with Crippen molar-refractivity contribution in [1.82, 2.24) is 4.57 Å². The highest BCUT2D eigenvalue weighted by Gasteiger charge is 2.19. The average Bonchev–Trinajstić information content (AvgIpc) is 3.05. The van der Waals surface area contributed by atoms with E-state index in [1.165, 1.54) is 23.4 Å². The summed E-state index contributed by atoms with van der Waals surface area (Å²) in [6.07, 6.45) is 1.50. The second-order valence-corrected chi connectivity index (χ2v) is 7.38. The first kappa shape index (κ1) is 18.7. The second-order valence-electron chi connectivity index (χ2n) is 7.38. The van der Waals surface area contributed by atoms with E-state index in [-0.39, 0.29) is 17.9 Å². The van der Waals surface area contributed by atoms with Gasteiger partial charge >= 0.3 is 5.97 Å². The maximum atomic E-state index is 12.7. The molecule has 0 saturated heterocycles. The summed E-state index contributed by atoms with van der Waals surface area (Å²) in [5.41, 5.74) is 2.26. The first-order valence-corrected chi connectivity index (χ1v) is 8.76. The molecule has 0 N–H and O–H groups in total. The van der Waals surface area contributed by atoms with E-state index in [2.05, 4.69) is 20.8 Å². The molecule has 1 heterocycles. The molecule has 5 nitrogen and oxygen atoms in total. The van der Waals surface area contributed by atoms with Gasteiger partial charge in [0, 0.05) is 11.6 Å². The van der Waals surface area contributed by atoms with Gasteiger partial charge in [0.2, 0.25) is 0 Å². The van der Waals surface area contributed by atoms with Crippen molar-refractivity contribution >= 4 is 22.8 Å². The molecule has 5 heteroatoms. The molecule has 3 rings (SSSR count). The molecule has 0 spiro atoms. The summed E-state index contributed by atoms with van der Waals surface area (Å²) in [4.78, 5) is 24.6. The maximum absolute atomic E-state index is 12.7. The molecule has 3 aromatic rings. The molecule has 0 fully saturated rings. The van der Waals surface area contributed by atoms with Gasteiger partial charge in [-0.3, -0.25) is 9.36 Å². The third-order valence-electron chi connectivity index (χ3n) is 4.47. The largest absolute Gasteiger partial charge is 0.484 e. The van der Waals surface area contributed by atoms with Crippen molar-refractivity contribution in [2.75, 3.05) is 13.7 Å². The van der Waals surface area contributed by atoms with E-state index < -0.39 is 5.97 Å². The number of methoxy groups -OCH3 is 1. The number of aromatic nitrogens is 1. The molecule has 0 unspecified atom stereocenters. The van der Waals surface area contributed by atoms with Gasteiger partial charge in [-0.2, -0.15) is 0 Å². The summed E-state index contributed by atoms with van der Waals surface area (Å²) in [5, 5.41) is 0.673. The minimum absolute atomic E-state index is 0.0582. The summed E-state index contributed by atoms with van der Waals surface area (Å²) in [6, 6.07) is 14.9. The Hall–Kier alpha value is -3.08. The van der Waals surface area contributed by atoms with Gasteiger partial charge in [0.05, 0.1) is 18.2 Å². The molecule has 2 aromatic carbocycles. The number of hydrogen-bond acceptors (Lipinski definition) is 4. The Morgan fingerprint density at radius 2 is 1.67 bits per heavy atom. The van der Waals surface area contributed by atoms with E-state index >= 15 is 0 Å². The average molecular weight is 365 g/mol. The second kappa shape index (κ2) is 7.27. The van der Waals surface area contributed by atoms with Gasteiger partial charge in [0.1, 0.15) is 5.75 Å². The lowest BCUT2D eigenvalue weighted by Gasteiger charge is -2.19. The SMILES string of the molecule is COC(=O)c1cn(C(=O)COc2ccc(C(C)(C)C)cc2)c2ccccc12. The highest BCUT2D eigenvalue weighted by Crippen LogP contribution is 2.25. The molecule has 0 atom stereocenters. The minimum atomic E-state index is -0.476. The topological polar surface area (TPSA) is 57.5 Å². The number of rotatable bonds is 4. The van der Waals surface area contributed by atoms with Crippen molar-refractivity contribution in [2.24, 2.45) is 0 Å². The summed E-state index contributed by atoms with van der Waals surface area (Å²) in [7, 11) is 1.32. The number of benzene rings is 2. The fourth-order valence-electron chi connectivity index (χ4n) is 2.92. The Morgan fingerprint density at radius 3 is 2.30 bits per heavy atom. The van der Waals surface area contributed by atoms with Crippen LogP contribution in [0.25, 0.3) is 10.9 Å². The van der Waals surface area contributed by atoms with Gasteiger partial charge in [-0.25, -0.2) is 4.79 Å². The van der Waals surface area contributed by atoms with Crippen LogP contribution in [0.2, 0.25) is 0 Å². The van der Waals surface area contributed by atoms with Crippen LogP contribution in [0.4, 0.5) is 0 Å². The molecule has 0 bridgehead atoms.